The number of aromatic hydroxyl groups is 1. The summed E-state index contributed by atoms with van der Waals surface area (Å²) in [6, 6.07) is 13.1. The number of ketones is 1. The maximum Gasteiger partial charge on any atom is 0.395 e. The van der Waals surface area contributed by atoms with Crippen molar-refractivity contribution in [1.29, 1.82) is 0 Å². The first-order valence-electron chi connectivity index (χ1n) is 9.52. The Balaban J connectivity index is 1.56. The highest BCUT2D eigenvalue weighted by molar-refractivity contribution is 5.95. The summed E-state index contributed by atoms with van der Waals surface area (Å²) in [5, 5.41) is 22.9. The van der Waals surface area contributed by atoms with Gasteiger partial charge in [-0.2, -0.15) is 4.98 Å². The van der Waals surface area contributed by atoms with Crippen molar-refractivity contribution in [2.45, 2.75) is 6.92 Å². The van der Waals surface area contributed by atoms with Gasteiger partial charge in [0.1, 0.15) is 11.6 Å². The fourth-order valence-corrected chi connectivity index (χ4v) is 2.70. The number of hydrogen-bond donors (Lipinski definition) is 3. The molecular weight excluding hydrogens is 432 g/mol. The largest absolute Gasteiger partial charge is 0.488 e. The predicted molar refractivity (Wildman–Crippen MR) is 119 cm³/mol. The van der Waals surface area contributed by atoms with Crippen LogP contribution in [0.15, 0.2) is 53.3 Å². The van der Waals surface area contributed by atoms with Crippen LogP contribution >= 0.6 is 0 Å². The van der Waals surface area contributed by atoms with E-state index in [1.165, 1.54) is 13.0 Å². The van der Waals surface area contributed by atoms with Crippen molar-refractivity contribution >= 4 is 35.2 Å². The number of nitrogens with zero attached hydrogens (tertiary/aromatic N) is 2. The van der Waals surface area contributed by atoms with E-state index in [0.717, 1.165) is 0 Å². The molecule has 11 heteroatoms. The number of nitrogens with one attached hydrogen (secondary N) is 2. The number of nitro groups is 1. The van der Waals surface area contributed by atoms with Crippen LogP contribution in [-0.2, 0) is 4.79 Å². The van der Waals surface area contributed by atoms with Crippen LogP contribution < -0.4 is 15.6 Å². The number of hydrogen-bond acceptors (Lipinski definition) is 8. The molecule has 11 nitrogen and oxygen atoms in total. The molecule has 0 atom stereocenters. The summed E-state index contributed by atoms with van der Waals surface area (Å²) in [5.41, 5.74) is -0.323. The fourth-order valence-electron chi connectivity index (χ4n) is 2.70. The minimum Gasteiger partial charge on any atom is -0.488 e. The topological polar surface area (TPSA) is 165 Å². The van der Waals surface area contributed by atoms with E-state index in [2.05, 4.69) is 15.3 Å². The van der Waals surface area contributed by atoms with Crippen molar-refractivity contribution in [3.8, 4) is 11.6 Å². The van der Waals surface area contributed by atoms with Gasteiger partial charge < -0.3 is 20.1 Å². The van der Waals surface area contributed by atoms with Crippen LogP contribution in [0.5, 0.6) is 11.6 Å². The first kappa shape index (κ1) is 22.9. The third kappa shape index (κ3) is 6.10. The highest BCUT2D eigenvalue weighted by atomic mass is 16.6. The molecule has 168 valence electrons. The van der Waals surface area contributed by atoms with Gasteiger partial charge in [-0.05, 0) is 55.0 Å². The van der Waals surface area contributed by atoms with Crippen LogP contribution in [0.1, 0.15) is 28.7 Å². The first-order valence-corrected chi connectivity index (χ1v) is 9.52. The van der Waals surface area contributed by atoms with Gasteiger partial charge in [0.25, 0.3) is 11.8 Å². The first-order chi connectivity index (χ1) is 15.7. The monoisotopic (exact) mass is 450 g/mol. The van der Waals surface area contributed by atoms with Crippen molar-refractivity contribution in [3.63, 3.8) is 0 Å². The number of aromatic amines is 1. The van der Waals surface area contributed by atoms with E-state index in [1.54, 1.807) is 54.6 Å². The fraction of sp³-hybridized carbons (Fsp3) is 0.0909. The number of benzene rings is 2. The normalized spacial score (nSPS) is 10.7. The average Bonchev–Trinajstić information content (AvgIpc) is 2.76. The smallest absolute Gasteiger partial charge is 0.395 e. The van der Waals surface area contributed by atoms with E-state index in [1.807, 2.05) is 0 Å². The molecule has 0 radical (unpaired) electrons. The van der Waals surface area contributed by atoms with Gasteiger partial charge in [-0.1, -0.05) is 18.2 Å². The van der Waals surface area contributed by atoms with Crippen LogP contribution in [0, 0.1) is 10.1 Å². The molecule has 0 fully saturated rings. The molecule has 3 rings (SSSR count). The van der Waals surface area contributed by atoms with Gasteiger partial charge >= 0.3 is 11.2 Å². The van der Waals surface area contributed by atoms with E-state index in [-0.39, 0.29) is 24.1 Å². The second-order valence-electron chi connectivity index (χ2n) is 6.75. The lowest BCUT2D eigenvalue weighted by molar-refractivity contribution is -0.387. The van der Waals surface area contributed by atoms with Crippen molar-refractivity contribution < 1.29 is 24.4 Å². The quantitative estimate of drug-likeness (QED) is 0.268. The molecule has 2 aromatic carbocycles. The zero-order valence-corrected chi connectivity index (χ0v) is 17.3. The Labute approximate surface area is 186 Å². The summed E-state index contributed by atoms with van der Waals surface area (Å²) in [6.07, 6.45) is 2.93. The maximum atomic E-state index is 12.0. The number of H-pyrrole nitrogens is 1. The molecule has 0 spiro atoms. The Morgan fingerprint density at radius 1 is 1.15 bits per heavy atom. The Hall–Kier alpha value is -4.80. The van der Waals surface area contributed by atoms with Gasteiger partial charge in [-0.3, -0.25) is 24.5 Å². The molecule has 0 bridgehead atoms. The van der Waals surface area contributed by atoms with E-state index in [9.17, 15) is 29.6 Å². The van der Waals surface area contributed by atoms with Gasteiger partial charge in [0, 0.05) is 11.3 Å². The minimum atomic E-state index is -1.07. The molecule has 33 heavy (non-hydrogen) atoms. The molecule has 0 saturated heterocycles. The SMILES string of the molecule is CC(=O)c1ccc(NC(=O)COc2ccc(/C=C/c3nc(O)c([N+](=O)[O-])c(=O)[nH]3)cc2)cc1. The number of ether oxygens (including phenoxy) is 1. The Morgan fingerprint density at radius 3 is 2.39 bits per heavy atom. The Morgan fingerprint density at radius 2 is 1.82 bits per heavy atom. The lowest BCUT2D eigenvalue weighted by Gasteiger charge is -2.08. The summed E-state index contributed by atoms with van der Waals surface area (Å²) in [5.74, 6) is -1.03. The third-order valence-corrected chi connectivity index (χ3v) is 4.34. The van der Waals surface area contributed by atoms with Crippen molar-refractivity contribution in [1.82, 2.24) is 9.97 Å². The molecular formula is C22H18N4O7. The molecule has 0 unspecified atom stereocenters. The average molecular weight is 450 g/mol. The molecule has 1 heterocycles. The van der Waals surface area contributed by atoms with E-state index >= 15 is 0 Å². The standard InChI is InChI=1S/C22H18N4O7/c1-13(27)15-5-7-16(8-6-15)23-19(28)12-33-17-9-2-14(3-10-17)4-11-18-24-21(29)20(26(31)32)22(30)25-18/h2-11H,12H2,1H3,(H,23,28)(H2,24,25,29,30)/b11-4+. The van der Waals surface area contributed by atoms with Gasteiger partial charge in [0.05, 0.1) is 4.92 Å². The summed E-state index contributed by atoms with van der Waals surface area (Å²) in [7, 11) is 0. The lowest BCUT2D eigenvalue weighted by atomic mass is 10.1. The van der Waals surface area contributed by atoms with Gasteiger partial charge in [-0.25, -0.2) is 0 Å². The highest BCUT2D eigenvalue weighted by Crippen LogP contribution is 2.18. The highest BCUT2D eigenvalue weighted by Gasteiger charge is 2.21. The summed E-state index contributed by atoms with van der Waals surface area (Å²) in [6.45, 7) is 1.23. The van der Waals surface area contributed by atoms with Crippen LogP contribution in [0.2, 0.25) is 0 Å². The molecule has 0 aliphatic heterocycles. The van der Waals surface area contributed by atoms with E-state index in [0.29, 0.717) is 22.6 Å². The number of rotatable bonds is 8. The number of anilines is 1. The number of Topliss-reactive ketones (excluding diaryl/α,β-unsaturated/α-hetero) is 1. The number of carbonyl (C=O) groups is 2. The number of amides is 1. The van der Waals surface area contributed by atoms with Crippen LogP contribution in [0.4, 0.5) is 11.4 Å². The zero-order chi connectivity index (χ0) is 24.0. The lowest BCUT2D eigenvalue weighted by Crippen LogP contribution is -2.20. The Bertz CT molecular complexity index is 1280. The minimum absolute atomic E-state index is 0.0589. The third-order valence-electron chi connectivity index (χ3n) is 4.34. The van der Waals surface area contributed by atoms with Crippen molar-refractivity contribution in [3.05, 3.63) is 86.0 Å². The number of carbonyl (C=O) groups excluding carboxylic acids is 2. The summed E-state index contributed by atoms with van der Waals surface area (Å²) >= 11 is 0. The molecule has 1 aromatic heterocycles. The van der Waals surface area contributed by atoms with Crippen LogP contribution in [0.25, 0.3) is 12.2 Å². The summed E-state index contributed by atoms with van der Waals surface area (Å²) < 4.78 is 5.44. The molecule has 3 aromatic rings. The van der Waals surface area contributed by atoms with Crippen LogP contribution in [0.3, 0.4) is 0 Å². The van der Waals surface area contributed by atoms with Crippen molar-refractivity contribution in [2.75, 3.05) is 11.9 Å². The van der Waals surface area contributed by atoms with Crippen LogP contribution in [-0.4, -0.2) is 38.3 Å². The zero-order valence-electron chi connectivity index (χ0n) is 17.3. The number of aromatic nitrogens is 2. The molecule has 0 aliphatic rings. The van der Waals surface area contributed by atoms with Gasteiger partial charge in [0.2, 0.25) is 0 Å². The molecule has 1 amide bonds. The van der Waals surface area contributed by atoms with E-state index in [4.69, 9.17) is 4.74 Å². The molecule has 3 N–H and O–H groups in total. The Kier molecular flexibility index (Phi) is 6.94. The predicted octanol–water partition coefficient (Wildman–Crippen LogP) is 2.77. The maximum absolute atomic E-state index is 12.0. The van der Waals surface area contributed by atoms with Crippen molar-refractivity contribution in [2.24, 2.45) is 0 Å². The summed E-state index contributed by atoms with van der Waals surface area (Å²) in [4.78, 5) is 50.4. The van der Waals surface area contributed by atoms with Gasteiger partial charge in [-0.15, -0.1) is 0 Å². The second kappa shape index (κ2) is 10.0. The van der Waals surface area contributed by atoms with Gasteiger partial charge in [0.15, 0.2) is 12.4 Å². The molecule has 0 aliphatic carbocycles. The molecule has 0 saturated carbocycles. The second-order valence-corrected chi connectivity index (χ2v) is 6.75. The van der Waals surface area contributed by atoms with E-state index < -0.39 is 22.0 Å².